The minimum atomic E-state index is -1.29. The number of pyridine rings is 1. The fourth-order valence-electron chi connectivity index (χ4n) is 4.89. The first-order valence-corrected chi connectivity index (χ1v) is 12.8. The van der Waals surface area contributed by atoms with E-state index in [1.165, 1.54) is 37.4 Å². The minimum absolute atomic E-state index is 0.0868. The highest BCUT2D eigenvalue weighted by atomic mass is 16.5. The maximum Gasteiger partial charge on any atom is 0.336 e. The van der Waals surface area contributed by atoms with Gasteiger partial charge in [-0.2, -0.15) is 0 Å². The number of hydrogen-bond acceptors (Lipinski definition) is 7. The first-order valence-electron chi connectivity index (χ1n) is 12.8. The summed E-state index contributed by atoms with van der Waals surface area (Å²) in [7, 11) is 1.39. The molecule has 1 fully saturated rings. The zero-order valence-electron chi connectivity index (χ0n) is 21.9. The van der Waals surface area contributed by atoms with E-state index in [0.717, 1.165) is 25.7 Å². The van der Waals surface area contributed by atoms with Crippen LogP contribution in [0.5, 0.6) is 5.88 Å². The van der Waals surface area contributed by atoms with Gasteiger partial charge in [-0.1, -0.05) is 18.9 Å². The lowest BCUT2D eigenvalue weighted by Gasteiger charge is -2.22. The Morgan fingerprint density at radius 3 is 2.27 bits per heavy atom. The lowest BCUT2D eigenvalue weighted by Crippen LogP contribution is -2.42. The summed E-state index contributed by atoms with van der Waals surface area (Å²) < 4.78 is 5.19. The molecule has 11 heteroatoms. The molecule has 1 aliphatic carbocycles. The molecule has 4 rings (SSSR count). The minimum Gasteiger partial charge on any atom is -0.481 e. The topological polar surface area (TPSA) is 188 Å². The second-order valence-corrected chi connectivity index (χ2v) is 9.57. The van der Waals surface area contributed by atoms with Crippen LogP contribution in [-0.4, -0.2) is 58.6 Å². The van der Waals surface area contributed by atoms with E-state index in [2.05, 4.69) is 15.6 Å². The third kappa shape index (κ3) is 6.26. The van der Waals surface area contributed by atoms with Crippen molar-refractivity contribution >= 4 is 29.3 Å². The number of rotatable bonds is 10. The van der Waals surface area contributed by atoms with Crippen molar-refractivity contribution < 1.29 is 29.3 Å². The lowest BCUT2D eigenvalue weighted by molar-refractivity contribution is 0.0697. The van der Waals surface area contributed by atoms with Gasteiger partial charge in [0.25, 0.3) is 11.8 Å². The Bertz CT molecular complexity index is 1430. The molecule has 0 radical (unpaired) electrons. The van der Waals surface area contributed by atoms with Gasteiger partial charge in [-0.05, 0) is 66.8 Å². The van der Waals surface area contributed by atoms with Gasteiger partial charge in [0.2, 0.25) is 5.88 Å². The molecular weight excluding hydrogens is 514 g/mol. The lowest BCUT2D eigenvalue weighted by atomic mass is 9.95. The van der Waals surface area contributed by atoms with Crippen molar-refractivity contribution in [2.45, 2.75) is 31.7 Å². The number of amides is 2. The maximum atomic E-state index is 13.3. The summed E-state index contributed by atoms with van der Waals surface area (Å²) in [5.74, 6) is -2.18. The molecule has 1 unspecified atom stereocenters. The average Bonchev–Trinajstić information content (AvgIpc) is 3.50. The van der Waals surface area contributed by atoms with Gasteiger partial charge in [-0.3, -0.25) is 15.0 Å². The number of nitrogens with zero attached hydrogens (tertiary/aromatic N) is 1. The third-order valence-electron chi connectivity index (χ3n) is 7.03. The number of methoxy groups -OCH3 is 1. The van der Waals surface area contributed by atoms with Gasteiger partial charge in [-0.25, -0.2) is 9.78 Å². The van der Waals surface area contributed by atoms with Gasteiger partial charge >= 0.3 is 5.97 Å². The Morgan fingerprint density at radius 1 is 1.02 bits per heavy atom. The van der Waals surface area contributed by atoms with Gasteiger partial charge in [0, 0.05) is 28.4 Å². The number of nitrogens with one attached hydrogen (secondary N) is 3. The average molecular weight is 546 g/mol. The van der Waals surface area contributed by atoms with Crippen LogP contribution in [0, 0.1) is 11.3 Å². The fraction of sp³-hybridized carbons (Fsp3) is 0.276. The van der Waals surface area contributed by atoms with E-state index in [9.17, 15) is 24.6 Å². The van der Waals surface area contributed by atoms with E-state index >= 15 is 0 Å². The molecular formula is C29H31N5O6. The number of nitrogen functional groups attached to an aromatic ring is 1. The number of ether oxygens (including phenoxy) is 1. The van der Waals surface area contributed by atoms with Gasteiger partial charge in [-0.15, -0.1) is 0 Å². The van der Waals surface area contributed by atoms with E-state index in [4.69, 9.17) is 15.9 Å². The Balaban J connectivity index is 1.66. The molecule has 0 spiro atoms. The van der Waals surface area contributed by atoms with Gasteiger partial charge in [0.15, 0.2) is 0 Å². The molecule has 0 bridgehead atoms. The predicted molar refractivity (Wildman–Crippen MR) is 149 cm³/mol. The van der Waals surface area contributed by atoms with Crippen LogP contribution in [0.3, 0.4) is 0 Å². The van der Waals surface area contributed by atoms with Crippen molar-refractivity contribution in [2.75, 3.05) is 19.0 Å². The summed E-state index contributed by atoms with van der Waals surface area (Å²) in [6, 6.07) is 13.1. The smallest absolute Gasteiger partial charge is 0.336 e. The second-order valence-electron chi connectivity index (χ2n) is 9.57. The summed E-state index contributed by atoms with van der Waals surface area (Å²) in [6.07, 6.45) is 3.93. The third-order valence-corrected chi connectivity index (χ3v) is 7.03. The molecule has 1 aliphatic rings. The maximum absolute atomic E-state index is 13.3. The van der Waals surface area contributed by atoms with E-state index in [-0.39, 0.29) is 52.2 Å². The Kier molecular flexibility index (Phi) is 8.75. The Hall–Kier alpha value is -4.77. The number of hydrogen-bond donors (Lipinski definition) is 6. The number of benzene rings is 2. The van der Waals surface area contributed by atoms with Gasteiger partial charge < -0.3 is 31.3 Å². The molecule has 0 aliphatic heterocycles. The highest BCUT2D eigenvalue weighted by molar-refractivity contribution is 6.10. The van der Waals surface area contributed by atoms with Crippen LogP contribution in [0.1, 0.15) is 62.5 Å². The quantitative estimate of drug-likeness (QED) is 0.165. The summed E-state index contributed by atoms with van der Waals surface area (Å²) in [4.78, 5) is 42.9. The molecule has 1 aromatic heterocycles. The molecule has 7 N–H and O–H groups in total. The molecule has 11 nitrogen and oxygen atoms in total. The largest absolute Gasteiger partial charge is 0.481 e. The SMILES string of the molecule is COc1ccc(-c2ccc(C(=O)NC(CO)C3CCCC3)cc2C(=O)O)c(C(=O)Nc2ccc(C(=N)N)cc2)n1. The van der Waals surface area contributed by atoms with Crippen LogP contribution in [0.15, 0.2) is 54.6 Å². The van der Waals surface area contributed by atoms with Crippen molar-refractivity contribution in [3.8, 4) is 17.0 Å². The summed E-state index contributed by atoms with van der Waals surface area (Å²) in [5, 5.41) is 32.9. The number of carbonyl (C=O) groups is 3. The van der Waals surface area contributed by atoms with E-state index in [1.54, 1.807) is 24.3 Å². The highest BCUT2D eigenvalue weighted by Crippen LogP contribution is 2.31. The summed E-state index contributed by atoms with van der Waals surface area (Å²) in [6.45, 7) is -0.201. The zero-order chi connectivity index (χ0) is 28.8. The number of anilines is 1. The molecule has 0 saturated heterocycles. The number of amidine groups is 1. The first-order chi connectivity index (χ1) is 19.2. The molecule has 1 saturated carbocycles. The van der Waals surface area contributed by atoms with Crippen molar-refractivity contribution in [2.24, 2.45) is 11.7 Å². The number of aromatic carboxylic acids is 1. The predicted octanol–water partition coefficient (Wildman–Crippen LogP) is 3.27. The number of nitrogens with two attached hydrogens (primary N) is 1. The molecule has 3 aromatic rings. The number of aliphatic hydroxyl groups excluding tert-OH is 1. The van der Waals surface area contributed by atoms with Gasteiger partial charge in [0.1, 0.15) is 11.5 Å². The van der Waals surface area contributed by atoms with Crippen molar-refractivity contribution in [3.63, 3.8) is 0 Å². The Morgan fingerprint density at radius 2 is 1.68 bits per heavy atom. The molecule has 2 amide bonds. The van der Waals surface area contributed by atoms with Crippen LogP contribution < -0.4 is 21.1 Å². The fourth-order valence-corrected chi connectivity index (χ4v) is 4.89. The number of aliphatic hydroxyl groups is 1. The summed E-state index contributed by atoms with van der Waals surface area (Å²) in [5.41, 5.74) is 6.64. The molecule has 1 atom stereocenters. The monoisotopic (exact) mass is 545 g/mol. The highest BCUT2D eigenvalue weighted by Gasteiger charge is 2.27. The van der Waals surface area contributed by atoms with E-state index in [1.807, 2.05) is 0 Å². The number of carboxylic acid groups (broad SMARTS) is 1. The van der Waals surface area contributed by atoms with Crippen LogP contribution in [-0.2, 0) is 0 Å². The second kappa shape index (κ2) is 12.4. The molecule has 2 aromatic carbocycles. The Labute approximate surface area is 230 Å². The number of aromatic nitrogens is 1. The molecule has 40 heavy (non-hydrogen) atoms. The van der Waals surface area contributed by atoms with Crippen LogP contribution in [0.4, 0.5) is 5.69 Å². The zero-order valence-corrected chi connectivity index (χ0v) is 21.9. The van der Waals surface area contributed by atoms with Crippen molar-refractivity contribution in [3.05, 3.63) is 77.0 Å². The van der Waals surface area contributed by atoms with Crippen LogP contribution >= 0.6 is 0 Å². The number of carboxylic acids is 1. The van der Waals surface area contributed by atoms with Crippen LogP contribution in [0.25, 0.3) is 11.1 Å². The first kappa shape index (κ1) is 28.2. The van der Waals surface area contributed by atoms with Crippen molar-refractivity contribution in [1.82, 2.24) is 10.3 Å². The summed E-state index contributed by atoms with van der Waals surface area (Å²) >= 11 is 0. The standard InChI is InChI=1S/C29H31N5O6/c1-40-24-13-12-21(25(34-24)28(37)32-19-9-6-17(7-10-19)26(30)31)20-11-8-18(14-22(20)29(38)39)27(36)33-23(15-35)16-4-2-3-5-16/h6-14,16,23,35H,2-5,15H2,1H3,(H3,30,31)(H,32,37)(H,33,36)(H,38,39). The van der Waals surface area contributed by atoms with Crippen LogP contribution in [0.2, 0.25) is 0 Å². The molecule has 1 heterocycles. The van der Waals surface area contributed by atoms with E-state index < -0.39 is 23.8 Å². The molecule has 208 valence electrons. The number of carbonyl (C=O) groups excluding carboxylic acids is 2. The normalized spacial score (nSPS) is 13.8. The van der Waals surface area contributed by atoms with Crippen molar-refractivity contribution in [1.29, 1.82) is 5.41 Å². The van der Waals surface area contributed by atoms with Gasteiger partial charge in [0.05, 0.1) is 25.3 Å². The van der Waals surface area contributed by atoms with E-state index in [0.29, 0.717) is 11.3 Å².